The van der Waals surface area contributed by atoms with Crippen LogP contribution in [-0.2, 0) is 6.54 Å². The van der Waals surface area contributed by atoms with Crippen molar-refractivity contribution in [2.45, 2.75) is 19.4 Å². The highest BCUT2D eigenvalue weighted by Crippen LogP contribution is 2.34. The summed E-state index contributed by atoms with van der Waals surface area (Å²) >= 11 is 3.07. The maximum absolute atomic E-state index is 12.6. The fraction of sp³-hybridized carbons (Fsp3) is 0.368. The number of thiophene rings is 1. The van der Waals surface area contributed by atoms with Crippen LogP contribution in [0, 0.1) is 0 Å². The van der Waals surface area contributed by atoms with Crippen LogP contribution in [0.5, 0.6) is 0 Å². The number of rotatable bonds is 5. The lowest BCUT2D eigenvalue weighted by Gasteiger charge is -2.21. The van der Waals surface area contributed by atoms with Crippen molar-refractivity contribution in [1.82, 2.24) is 10.3 Å². The summed E-state index contributed by atoms with van der Waals surface area (Å²) in [6.45, 7) is 2.76. The number of carbonyl (C=O) groups is 1. The summed E-state index contributed by atoms with van der Waals surface area (Å²) in [5, 5.41) is 4.05. The second kappa shape index (κ2) is 7.25. The molecule has 0 aliphatic carbocycles. The Morgan fingerprint density at radius 1 is 1.23 bits per heavy atom. The zero-order valence-electron chi connectivity index (χ0n) is 15.0. The lowest BCUT2D eigenvalue weighted by Crippen LogP contribution is -2.25. The number of hydrogen-bond donors (Lipinski definition) is 1. The van der Waals surface area contributed by atoms with E-state index in [0.717, 1.165) is 32.6 Å². The van der Waals surface area contributed by atoms with Gasteiger partial charge in [0.15, 0.2) is 5.13 Å². The third kappa shape index (κ3) is 3.41. The SMILES string of the molecule is CN(C)c1nc2sc(C(=O)NCc3ccccc3N3CCCC3)cc2s1. The molecule has 1 saturated heterocycles. The zero-order valence-corrected chi connectivity index (χ0v) is 16.6. The van der Waals surface area contributed by atoms with Gasteiger partial charge < -0.3 is 15.1 Å². The molecular weight excluding hydrogens is 364 g/mol. The summed E-state index contributed by atoms with van der Waals surface area (Å²) in [6, 6.07) is 10.3. The highest BCUT2D eigenvalue weighted by atomic mass is 32.1. The van der Waals surface area contributed by atoms with Gasteiger partial charge in [-0.2, -0.15) is 0 Å². The van der Waals surface area contributed by atoms with Gasteiger partial charge in [0.2, 0.25) is 0 Å². The number of amides is 1. The molecule has 2 aromatic heterocycles. The van der Waals surface area contributed by atoms with E-state index in [1.165, 1.54) is 35.4 Å². The fourth-order valence-corrected chi connectivity index (χ4v) is 5.27. The van der Waals surface area contributed by atoms with Gasteiger partial charge in [0, 0.05) is 39.4 Å². The molecule has 4 rings (SSSR count). The van der Waals surface area contributed by atoms with Crippen LogP contribution in [0.1, 0.15) is 28.1 Å². The molecule has 0 unspecified atom stereocenters. The molecule has 136 valence electrons. The summed E-state index contributed by atoms with van der Waals surface area (Å²) in [6.07, 6.45) is 2.49. The highest BCUT2D eigenvalue weighted by Gasteiger charge is 2.17. The molecule has 1 aliphatic heterocycles. The van der Waals surface area contributed by atoms with Crippen molar-refractivity contribution in [3.63, 3.8) is 0 Å². The van der Waals surface area contributed by atoms with Crippen molar-refractivity contribution in [3.8, 4) is 0 Å². The molecule has 0 saturated carbocycles. The van der Waals surface area contributed by atoms with E-state index in [9.17, 15) is 4.79 Å². The monoisotopic (exact) mass is 386 g/mol. The van der Waals surface area contributed by atoms with Gasteiger partial charge in [-0.15, -0.1) is 11.3 Å². The zero-order chi connectivity index (χ0) is 18.1. The Bertz CT molecular complexity index is 893. The van der Waals surface area contributed by atoms with E-state index < -0.39 is 0 Å². The normalized spacial score (nSPS) is 14.2. The first-order chi connectivity index (χ1) is 12.6. The van der Waals surface area contributed by atoms with Crippen LogP contribution < -0.4 is 15.1 Å². The summed E-state index contributed by atoms with van der Waals surface area (Å²) in [5.41, 5.74) is 2.42. The van der Waals surface area contributed by atoms with Gasteiger partial charge in [-0.1, -0.05) is 29.5 Å². The molecule has 0 spiro atoms. The van der Waals surface area contributed by atoms with Crippen molar-refractivity contribution in [1.29, 1.82) is 0 Å². The second-order valence-electron chi connectivity index (χ2n) is 6.68. The predicted octanol–water partition coefficient (Wildman–Crippen LogP) is 3.95. The van der Waals surface area contributed by atoms with E-state index in [1.807, 2.05) is 31.1 Å². The topological polar surface area (TPSA) is 48.5 Å². The maximum Gasteiger partial charge on any atom is 0.261 e. The minimum Gasteiger partial charge on any atom is -0.371 e. The Kier molecular flexibility index (Phi) is 4.82. The minimum absolute atomic E-state index is 0.0252. The summed E-state index contributed by atoms with van der Waals surface area (Å²) < 4.78 is 1.07. The number of nitrogens with one attached hydrogen (secondary N) is 1. The maximum atomic E-state index is 12.6. The van der Waals surface area contributed by atoms with Gasteiger partial charge in [-0.25, -0.2) is 4.98 Å². The number of anilines is 2. The van der Waals surface area contributed by atoms with Crippen LogP contribution in [-0.4, -0.2) is 38.1 Å². The van der Waals surface area contributed by atoms with E-state index in [0.29, 0.717) is 6.54 Å². The van der Waals surface area contributed by atoms with Gasteiger partial charge in [0.25, 0.3) is 5.91 Å². The Morgan fingerprint density at radius 2 is 2.00 bits per heavy atom. The number of thiazole rings is 1. The molecule has 7 heteroatoms. The fourth-order valence-electron chi connectivity index (χ4n) is 3.22. The van der Waals surface area contributed by atoms with E-state index in [1.54, 1.807) is 11.3 Å². The first kappa shape index (κ1) is 17.3. The van der Waals surface area contributed by atoms with Crippen molar-refractivity contribution in [2.24, 2.45) is 0 Å². The third-order valence-corrected chi connectivity index (χ3v) is 6.89. The number of fused-ring (bicyclic) bond motifs is 1. The van der Waals surface area contributed by atoms with Gasteiger partial charge in [-0.3, -0.25) is 4.79 Å². The molecule has 3 heterocycles. The molecule has 1 amide bonds. The van der Waals surface area contributed by atoms with Crippen LogP contribution in [0.2, 0.25) is 0 Å². The molecule has 26 heavy (non-hydrogen) atoms. The summed E-state index contributed by atoms with van der Waals surface area (Å²) in [7, 11) is 3.96. The van der Waals surface area contributed by atoms with Crippen LogP contribution in [0.15, 0.2) is 30.3 Å². The molecule has 0 bridgehead atoms. The lowest BCUT2D eigenvalue weighted by molar-refractivity contribution is 0.0955. The smallest absolute Gasteiger partial charge is 0.261 e. The number of carbonyl (C=O) groups excluding carboxylic acids is 1. The van der Waals surface area contributed by atoms with Gasteiger partial charge in [0.1, 0.15) is 4.83 Å². The number of benzene rings is 1. The quantitative estimate of drug-likeness (QED) is 0.721. The number of para-hydroxylation sites is 1. The highest BCUT2D eigenvalue weighted by molar-refractivity contribution is 7.29. The van der Waals surface area contributed by atoms with E-state index in [-0.39, 0.29) is 5.91 Å². The first-order valence-electron chi connectivity index (χ1n) is 8.80. The Labute approximate surface area is 161 Å². The van der Waals surface area contributed by atoms with Crippen molar-refractivity contribution < 1.29 is 4.79 Å². The van der Waals surface area contributed by atoms with Crippen LogP contribution >= 0.6 is 22.7 Å². The van der Waals surface area contributed by atoms with Crippen molar-refractivity contribution in [2.75, 3.05) is 37.0 Å². The molecule has 1 N–H and O–H groups in total. The van der Waals surface area contributed by atoms with Crippen LogP contribution in [0.25, 0.3) is 9.53 Å². The first-order valence-corrected chi connectivity index (χ1v) is 10.4. The largest absolute Gasteiger partial charge is 0.371 e. The Morgan fingerprint density at radius 3 is 2.73 bits per heavy atom. The van der Waals surface area contributed by atoms with E-state index in [4.69, 9.17) is 0 Å². The Hall–Kier alpha value is -2.12. The average molecular weight is 387 g/mol. The molecule has 1 aliphatic rings. The van der Waals surface area contributed by atoms with Crippen LogP contribution in [0.3, 0.4) is 0 Å². The van der Waals surface area contributed by atoms with Gasteiger partial charge >= 0.3 is 0 Å². The predicted molar refractivity (Wildman–Crippen MR) is 111 cm³/mol. The Balaban J connectivity index is 1.46. The average Bonchev–Trinajstić information content (AvgIpc) is 3.35. The number of hydrogen-bond acceptors (Lipinski definition) is 6. The minimum atomic E-state index is -0.0252. The standard InChI is InChI=1S/C19H22N4OS2/c1-22(2)19-21-18-16(26-19)11-15(25-18)17(24)20-12-13-7-3-4-8-14(13)23-9-5-6-10-23/h3-4,7-8,11H,5-6,9-10,12H2,1-2H3,(H,20,24). The molecule has 1 aromatic carbocycles. The molecule has 5 nitrogen and oxygen atoms in total. The van der Waals surface area contributed by atoms with Crippen molar-refractivity contribution >= 4 is 48.9 Å². The lowest BCUT2D eigenvalue weighted by atomic mass is 10.1. The molecule has 0 radical (unpaired) electrons. The number of nitrogens with zero attached hydrogens (tertiary/aromatic N) is 3. The molecule has 3 aromatic rings. The van der Waals surface area contributed by atoms with E-state index >= 15 is 0 Å². The van der Waals surface area contributed by atoms with Crippen LogP contribution in [0.4, 0.5) is 10.8 Å². The molecular formula is C19H22N4OS2. The second-order valence-corrected chi connectivity index (χ2v) is 8.72. The van der Waals surface area contributed by atoms with Gasteiger partial charge in [0.05, 0.1) is 9.58 Å². The van der Waals surface area contributed by atoms with Gasteiger partial charge in [-0.05, 0) is 30.5 Å². The summed E-state index contributed by atoms with van der Waals surface area (Å²) in [4.78, 5) is 23.2. The molecule has 0 atom stereocenters. The number of aromatic nitrogens is 1. The van der Waals surface area contributed by atoms with Crippen molar-refractivity contribution in [3.05, 3.63) is 40.8 Å². The molecule has 1 fully saturated rings. The van der Waals surface area contributed by atoms with E-state index in [2.05, 4.69) is 33.4 Å². The third-order valence-electron chi connectivity index (χ3n) is 4.56. The summed E-state index contributed by atoms with van der Waals surface area (Å²) in [5.74, 6) is -0.0252.